The zero-order valence-corrected chi connectivity index (χ0v) is 23.0. The van der Waals surface area contributed by atoms with Crippen LogP contribution in [0.3, 0.4) is 0 Å². The first-order valence-electron chi connectivity index (χ1n) is 12.2. The number of nitrogens with one attached hydrogen (secondary N) is 1. The molecule has 0 fully saturated rings. The van der Waals surface area contributed by atoms with Crippen LogP contribution >= 0.6 is 22.9 Å². The number of nitriles is 1. The minimum Gasteiger partial charge on any atom is -0.493 e. The Hall–Kier alpha value is -3.55. The molecule has 3 aromatic rings. The van der Waals surface area contributed by atoms with Gasteiger partial charge in [0.2, 0.25) is 0 Å². The Bertz CT molecular complexity index is 1370. The lowest BCUT2D eigenvalue weighted by molar-refractivity contribution is -0.137. The van der Waals surface area contributed by atoms with Crippen molar-refractivity contribution < 1.29 is 27.4 Å². The van der Waals surface area contributed by atoms with E-state index in [1.165, 1.54) is 25.4 Å². The maximum absolute atomic E-state index is 13.1. The van der Waals surface area contributed by atoms with Crippen molar-refractivity contribution in [3.05, 3.63) is 74.8 Å². The van der Waals surface area contributed by atoms with Crippen molar-refractivity contribution in [3.63, 3.8) is 0 Å². The SMILES string of the molecule is CCCCCCOc1ccc(C=C(C#N)C(=O)Nc2ncc(Cc3cc(C(F)(F)F)ccc3Cl)s2)cc1OC. The quantitative estimate of drug-likeness (QED) is 0.134. The minimum absolute atomic E-state index is 0.101. The average Bonchev–Trinajstić information content (AvgIpc) is 3.34. The fourth-order valence-corrected chi connectivity index (χ4v) is 4.62. The van der Waals surface area contributed by atoms with Crippen molar-refractivity contribution in [1.29, 1.82) is 5.26 Å². The monoisotopic (exact) mass is 577 g/mol. The molecule has 0 unspecified atom stereocenters. The summed E-state index contributed by atoms with van der Waals surface area (Å²) in [6.45, 7) is 2.70. The van der Waals surface area contributed by atoms with Gasteiger partial charge in [0.25, 0.3) is 5.91 Å². The van der Waals surface area contributed by atoms with E-state index in [2.05, 4.69) is 17.2 Å². The van der Waals surface area contributed by atoms with E-state index in [9.17, 15) is 23.2 Å². The number of aromatic nitrogens is 1. The zero-order chi connectivity index (χ0) is 28.4. The first kappa shape index (κ1) is 30.0. The summed E-state index contributed by atoms with van der Waals surface area (Å²) in [5.41, 5.74) is -0.112. The lowest BCUT2D eigenvalue weighted by Gasteiger charge is -2.11. The highest BCUT2D eigenvalue weighted by Crippen LogP contribution is 2.33. The van der Waals surface area contributed by atoms with Gasteiger partial charge < -0.3 is 9.47 Å². The van der Waals surface area contributed by atoms with Crippen LogP contribution in [0.4, 0.5) is 18.3 Å². The summed E-state index contributed by atoms with van der Waals surface area (Å²) in [5.74, 6) is 0.380. The van der Waals surface area contributed by atoms with E-state index < -0.39 is 17.6 Å². The predicted molar refractivity (Wildman–Crippen MR) is 146 cm³/mol. The smallest absolute Gasteiger partial charge is 0.416 e. The number of rotatable bonds is 12. The highest BCUT2D eigenvalue weighted by molar-refractivity contribution is 7.15. The molecule has 1 aromatic heterocycles. The first-order valence-corrected chi connectivity index (χ1v) is 13.4. The van der Waals surface area contributed by atoms with Crippen LogP contribution in [0.1, 0.15) is 54.2 Å². The summed E-state index contributed by atoms with van der Waals surface area (Å²) >= 11 is 7.16. The van der Waals surface area contributed by atoms with Crippen molar-refractivity contribution >= 4 is 40.1 Å². The molecule has 0 bridgehead atoms. The van der Waals surface area contributed by atoms with Crippen LogP contribution in [-0.4, -0.2) is 24.6 Å². The molecule has 1 heterocycles. The van der Waals surface area contributed by atoms with Crippen LogP contribution in [0.5, 0.6) is 11.5 Å². The second-order valence-electron chi connectivity index (χ2n) is 8.56. The highest BCUT2D eigenvalue weighted by Gasteiger charge is 2.31. The standard InChI is InChI=1S/C28H27ClF3N3O3S/c1-3-4-5-6-11-38-24-10-7-18(13-25(24)37-2)12-20(16-33)26(36)35-27-34-17-22(39-27)15-19-14-21(28(30,31)32)8-9-23(19)29/h7-10,12-14,17H,3-6,11,15H2,1-2H3,(H,34,35,36). The summed E-state index contributed by atoms with van der Waals surface area (Å²) in [6, 6.07) is 10.1. The molecule has 206 valence electrons. The van der Waals surface area contributed by atoms with Crippen LogP contribution in [0.2, 0.25) is 5.02 Å². The largest absolute Gasteiger partial charge is 0.493 e. The second kappa shape index (κ2) is 14.0. The minimum atomic E-state index is -4.49. The van der Waals surface area contributed by atoms with E-state index in [1.54, 1.807) is 18.2 Å². The van der Waals surface area contributed by atoms with Gasteiger partial charge >= 0.3 is 6.18 Å². The van der Waals surface area contributed by atoms with Crippen LogP contribution in [-0.2, 0) is 17.4 Å². The number of amides is 1. The molecule has 0 aliphatic carbocycles. The Morgan fingerprint density at radius 3 is 2.67 bits per heavy atom. The Morgan fingerprint density at radius 2 is 1.97 bits per heavy atom. The van der Waals surface area contributed by atoms with Gasteiger partial charge in [0.05, 0.1) is 19.3 Å². The zero-order valence-electron chi connectivity index (χ0n) is 21.4. The number of nitrogens with zero attached hydrogens (tertiary/aromatic N) is 2. The molecule has 1 amide bonds. The molecule has 0 atom stereocenters. The number of carbonyl (C=O) groups excluding carboxylic acids is 1. The van der Waals surface area contributed by atoms with Crippen LogP contribution in [0.25, 0.3) is 6.08 Å². The lowest BCUT2D eigenvalue weighted by Crippen LogP contribution is -2.13. The van der Waals surface area contributed by atoms with Gasteiger partial charge in [0, 0.05) is 22.5 Å². The summed E-state index contributed by atoms with van der Waals surface area (Å²) in [6.07, 6.45) is 2.77. The summed E-state index contributed by atoms with van der Waals surface area (Å²) in [4.78, 5) is 17.4. The Kier molecular flexibility index (Phi) is 10.8. The van der Waals surface area contributed by atoms with Gasteiger partial charge in [-0.05, 0) is 54.0 Å². The first-order chi connectivity index (χ1) is 18.6. The molecule has 3 rings (SSSR count). The van der Waals surface area contributed by atoms with Crippen molar-refractivity contribution in [2.24, 2.45) is 0 Å². The van der Waals surface area contributed by atoms with Gasteiger partial charge in [-0.3, -0.25) is 10.1 Å². The van der Waals surface area contributed by atoms with Gasteiger partial charge in [-0.2, -0.15) is 18.4 Å². The molecule has 2 aromatic carbocycles. The van der Waals surface area contributed by atoms with Crippen molar-refractivity contribution in [2.75, 3.05) is 19.0 Å². The average molecular weight is 578 g/mol. The number of anilines is 1. The molecule has 1 N–H and O–H groups in total. The number of hydrogen-bond donors (Lipinski definition) is 1. The van der Waals surface area contributed by atoms with Crippen LogP contribution < -0.4 is 14.8 Å². The van der Waals surface area contributed by atoms with Gasteiger partial charge in [-0.25, -0.2) is 4.98 Å². The summed E-state index contributed by atoms with van der Waals surface area (Å²) in [7, 11) is 1.51. The second-order valence-corrected chi connectivity index (χ2v) is 10.1. The third-order valence-corrected chi connectivity index (χ3v) is 6.91. The Labute approximate surface area is 234 Å². The Balaban J connectivity index is 1.67. The highest BCUT2D eigenvalue weighted by atomic mass is 35.5. The fourth-order valence-electron chi connectivity index (χ4n) is 3.61. The maximum Gasteiger partial charge on any atom is 0.416 e. The Morgan fingerprint density at radius 1 is 1.18 bits per heavy atom. The number of ether oxygens (including phenoxy) is 2. The number of methoxy groups -OCH3 is 1. The topological polar surface area (TPSA) is 84.2 Å². The predicted octanol–water partition coefficient (Wildman–Crippen LogP) is 7.92. The number of carbonyl (C=O) groups is 1. The molecule has 0 aliphatic heterocycles. The third-order valence-electron chi connectivity index (χ3n) is 5.63. The van der Waals surface area contributed by atoms with Gasteiger partial charge in [0.1, 0.15) is 11.6 Å². The number of hydrogen-bond acceptors (Lipinski definition) is 6. The van der Waals surface area contributed by atoms with E-state index in [4.69, 9.17) is 21.1 Å². The van der Waals surface area contributed by atoms with Crippen molar-refractivity contribution in [1.82, 2.24) is 4.98 Å². The van der Waals surface area contributed by atoms with Crippen molar-refractivity contribution in [3.8, 4) is 17.6 Å². The summed E-state index contributed by atoms with van der Waals surface area (Å²) < 4.78 is 50.4. The molecule has 39 heavy (non-hydrogen) atoms. The van der Waals surface area contributed by atoms with Gasteiger partial charge in [0.15, 0.2) is 16.6 Å². The molecular formula is C28H27ClF3N3O3S. The maximum atomic E-state index is 13.1. The number of thiazole rings is 1. The fraction of sp³-hybridized carbons (Fsp3) is 0.321. The molecule has 6 nitrogen and oxygen atoms in total. The van der Waals surface area contributed by atoms with E-state index in [-0.39, 0.29) is 27.7 Å². The van der Waals surface area contributed by atoms with E-state index in [1.807, 2.05) is 6.07 Å². The van der Waals surface area contributed by atoms with E-state index >= 15 is 0 Å². The lowest BCUT2D eigenvalue weighted by atomic mass is 10.1. The molecule has 0 spiro atoms. The number of halogens is 4. The molecular weight excluding hydrogens is 551 g/mol. The number of alkyl halides is 3. The van der Waals surface area contributed by atoms with Gasteiger partial charge in [-0.1, -0.05) is 43.9 Å². The van der Waals surface area contributed by atoms with Crippen LogP contribution in [0.15, 0.2) is 48.2 Å². The molecule has 0 aliphatic rings. The summed E-state index contributed by atoms with van der Waals surface area (Å²) in [5, 5.41) is 12.5. The van der Waals surface area contributed by atoms with Gasteiger partial charge in [-0.15, -0.1) is 11.3 Å². The van der Waals surface area contributed by atoms with Crippen LogP contribution in [0, 0.1) is 11.3 Å². The normalized spacial score (nSPS) is 11.7. The molecule has 11 heteroatoms. The van der Waals surface area contributed by atoms with E-state index in [0.717, 1.165) is 49.2 Å². The molecule has 0 radical (unpaired) electrons. The third kappa shape index (κ3) is 8.73. The number of benzene rings is 2. The van der Waals surface area contributed by atoms with E-state index in [0.29, 0.717) is 28.5 Å². The molecule has 0 saturated heterocycles. The number of unbranched alkanes of at least 4 members (excludes halogenated alkanes) is 3. The van der Waals surface area contributed by atoms with Crippen molar-refractivity contribution in [2.45, 2.75) is 45.2 Å². The molecule has 0 saturated carbocycles.